The zero-order chi connectivity index (χ0) is 17.6. The molecule has 130 valence electrons. The summed E-state index contributed by atoms with van der Waals surface area (Å²) in [6.07, 6.45) is 2.41. The zero-order valence-corrected chi connectivity index (χ0v) is 13.7. The quantitative estimate of drug-likeness (QED) is 0.809. The lowest BCUT2D eigenvalue weighted by atomic mass is 10.2. The molecule has 0 unspecified atom stereocenters. The summed E-state index contributed by atoms with van der Waals surface area (Å²) >= 11 is 0. The minimum Gasteiger partial charge on any atom is -0.451 e. The molecule has 1 aliphatic heterocycles. The van der Waals surface area contributed by atoms with E-state index in [-0.39, 0.29) is 5.69 Å². The molecule has 1 amide bonds. The molecule has 1 aromatic heterocycles. The van der Waals surface area contributed by atoms with Crippen LogP contribution in [0, 0.1) is 0 Å². The van der Waals surface area contributed by atoms with E-state index in [1.54, 1.807) is 0 Å². The number of esters is 1. The molecule has 7 nitrogen and oxygen atoms in total. The molecule has 0 atom stereocenters. The van der Waals surface area contributed by atoms with Gasteiger partial charge in [0.05, 0.1) is 0 Å². The number of H-pyrrole nitrogens is 1. The van der Waals surface area contributed by atoms with Crippen LogP contribution in [0.1, 0.15) is 23.3 Å². The van der Waals surface area contributed by atoms with Crippen LogP contribution >= 0.6 is 0 Å². The van der Waals surface area contributed by atoms with Crippen LogP contribution < -0.4 is 15.8 Å². The topological polar surface area (TPSA) is 91.5 Å². The van der Waals surface area contributed by atoms with Crippen LogP contribution in [0.15, 0.2) is 47.3 Å². The van der Waals surface area contributed by atoms with Crippen LogP contribution in [0.5, 0.6) is 0 Å². The predicted octanol–water partition coefficient (Wildman–Crippen LogP) is 1.77. The number of rotatable bonds is 5. The highest BCUT2D eigenvalue weighted by molar-refractivity contribution is 5.94. The Morgan fingerprint density at radius 2 is 1.80 bits per heavy atom. The number of hydrogen-bond donors (Lipinski definition) is 2. The highest BCUT2D eigenvalue weighted by atomic mass is 16.5. The highest BCUT2D eigenvalue weighted by Crippen LogP contribution is 2.21. The van der Waals surface area contributed by atoms with E-state index >= 15 is 0 Å². The molecule has 0 spiro atoms. The summed E-state index contributed by atoms with van der Waals surface area (Å²) in [5.41, 5.74) is 1.37. The van der Waals surface area contributed by atoms with Crippen molar-refractivity contribution in [3.63, 3.8) is 0 Å². The lowest BCUT2D eigenvalue weighted by Crippen LogP contribution is -2.22. The molecule has 2 N–H and O–H groups in total. The van der Waals surface area contributed by atoms with Crippen LogP contribution in [0.3, 0.4) is 0 Å². The Morgan fingerprint density at radius 3 is 2.48 bits per heavy atom. The van der Waals surface area contributed by atoms with Crippen LogP contribution in [0.2, 0.25) is 0 Å². The monoisotopic (exact) mass is 341 g/mol. The van der Waals surface area contributed by atoms with Crippen molar-refractivity contribution >= 4 is 23.3 Å². The summed E-state index contributed by atoms with van der Waals surface area (Å²) in [5, 5.41) is 2.67. The van der Waals surface area contributed by atoms with Crippen molar-refractivity contribution < 1.29 is 14.3 Å². The fraction of sp³-hybridized carbons (Fsp3) is 0.278. The first kappa shape index (κ1) is 16.8. The third-order valence-corrected chi connectivity index (χ3v) is 3.94. The van der Waals surface area contributed by atoms with Crippen LogP contribution in [0.25, 0.3) is 0 Å². The van der Waals surface area contributed by atoms with Crippen molar-refractivity contribution in [1.82, 2.24) is 4.98 Å². The number of aromatic amines is 1. The number of amides is 1. The average molecular weight is 341 g/mol. The molecular weight excluding hydrogens is 322 g/mol. The molecule has 7 heteroatoms. The minimum atomic E-state index is -0.753. The number of aromatic nitrogens is 1. The van der Waals surface area contributed by atoms with Gasteiger partial charge in [-0.25, -0.2) is 4.79 Å². The summed E-state index contributed by atoms with van der Waals surface area (Å²) in [5.74, 6) is -1.20. The molecule has 2 heterocycles. The van der Waals surface area contributed by atoms with Crippen LogP contribution in [-0.2, 0) is 9.53 Å². The van der Waals surface area contributed by atoms with E-state index in [9.17, 15) is 14.4 Å². The number of carbonyl (C=O) groups excluding carboxylic acids is 2. The molecule has 0 aliphatic carbocycles. The third-order valence-electron chi connectivity index (χ3n) is 3.94. The molecule has 1 saturated heterocycles. The molecule has 0 radical (unpaired) electrons. The van der Waals surface area contributed by atoms with Crippen molar-refractivity contribution in [2.75, 3.05) is 29.9 Å². The van der Waals surface area contributed by atoms with Crippen LogP contribution in [0.4, 0.5) is 11.4 Å². The molecule has 1 fully saturated rings. The lowest BCUT2D eigenvalue weighted by molar-refractivity contribution is -0.119. The molecule has 2 aromatic rings. The Hall–Kier alpha value is -3.09. The van der Waals surface area contributed by atoms with E-state index in [4.69, 9.17) is 4.74 Å². The van der Waals surface area contributed by atoms with Gasteiger partial charge in [0, 0.05) is 30.5 Å². The number of benzene rings is 1. The predicted molar refractivity (Wildman–Crippen MR) is 93.9 cm³/mol. The number of hydrogen-bond acceptors (Lipinski definition) is 5. The van der Waals surface area contributed by atoms with E-state index in [1.165, 1.54) is 31.0 Å². The van der Waals surface area contributed by atoms with E-state index in [0.29, 0.717) is 5.69 Å². The molecular formula is C18H19N3O4. The number of carbonyl (C=O) groups is 2. The summed E-state index contributed by atoms with van der Waals surface area (Å²) in [6, 6.07) is 11.7. The summed E-state index contributed by atoms with van der Waals surface area (Å²) in [7, 11) is 0. The van der Waals surface area contributed by atoms with Gasteiger partial charge in [0.1, 0.15) is 5.69 Å². The van der Waals surface area contributed by atoms with Crippen molar-refractivity contribution in [3.05, 3.63) is 58.5 Å². The molecule has 1 aliphatic rings. The van der Waals surface area contributed by atoms with Gasteiger partial charge in [-0.2, -0.15) is 0 Å². The maximum absolute atomic E-state index is 11.9. The van der Waals surface area contributed by atoms with Crippen molar-refractivity contribution in [1.29, 1.82) is 0 Å². The van der Waals surface area contributed by atoms with Crippen molar-refractivity contribution in [2.24, 2.45) is 0 Å². The third kappa shape index (κ3) is 4.47. The summed E-state index contributed by atoms with van der Waals surface area (Å²) < 4.78 is 4.89. The smallest absolute Gasteiger partial charge is 0.355 e. The fourth-order valence-corrected chi connectivity index (χ4v) is 2.70. The second kappa shape index (κ2) is 7.65. The van der Waals surface area contributed by atoms with E-state index in [2.05, 4.69) is 15.2 Å². The van der Waals surface area contributed by atoms with Gasteiger partial charge in [-0.1, -0.05) is 6.07 Å². The lowest BCUT2D eigenvalue weighted by Gasteiger charge is -2.17. The van der Waals surface area contributed by atoms with E-state index in [1.807, 2.05) is 24.3 Å². The normalized spacial score (nSPS) is 13.5. The van der Waals surface area contributed by atoms with Gasteiger partial charge >= 0.3 is 5.97 Å². The number of ether oxygens (including phenoxy) is 1. The first-order valence-corrected chi connectivity index (χ1v) is 8.13. The van der Waals surface area contributed by atoms with Crippen molar-refractivity contribution in [3.8, 4) is 0 Å². The largest absolute Gasteiger partial charge is 0.451 e. The summed E-state index contributed by atoms with van der Waals surface area (Å²) in [4.78, 5) is 39.5. The fourth-order valence-electron chi connectivity index (χ4n) is 2.70. The first-order valence-electron chi connectivity index (χ1n) is 8.13. The second-order valence-corrected chi connectivity index (χ2v) is 5.79. The number of anilines is 2. The van der Waals surface area contributed by atoms with Crippen LogP contribution in [-0.4, -0.2) is 36.6 Å². The molecule has 1 aromatic carbocycles. The number of nitrogens with one attached hydrogen (secondary N) is 2. The maximum atomic E-state index is 11.9. The van der Waals surface area contributed by atoms with Gasteiger partial charge in [0.15, 0.2) is 6.61 Å². The van der Waals surface area contributed by atoms with Gasteiger partial charge in [-0.05, 0) is 43.2 Å². The van der Waals surface area contributed by atoms with E-state index in [0.717, 1.165) is 18.8 Å². The number of nitrogens with zero attached hydrogens (tertiary/aromatic N) is 1. The Morgan fingerprint density at radius 1 is 1.08 bits per heavy atom. The highest BCUT2D eigenvalue weighted by Gasteiger charge is 2.13. The molecule has 0 saturated carbocycles. The van der Waals surface area contributed by atoms with Gasteiger partial charge in [0.2, 0.25) is 5.56 Å². The number of pyridine rings is 1. The minimum absolute atomic E-state index is 0.00951. The standard InChI is InChI=1S/C18H19N3O4/c22-16-5-3-4-15(20-16)18(24)25-12-17(23)19-13-6-8-14(9-7-13)21-10-1-2-11-21/h3-9H,1-2,10-12H2,(H,19,23)(H,20,22). The molecule has 3 rings (SSSR count). The zero-order valence-electron chi connectivity index (χ0n) is 13.7. The molecule has 25 heavy (non-hydrogen) atoms. The first-order chi connectivity index (χ1) is 12.1. The SMILES string of the molecule is O=C(COC(=O)c1cccc(=O)[nH]1)Nc1ccc(N2CCCC2)cc1. The van der Waals surface area contributed by atoms with Gasteiger partial charge in [-0.3, -0.25) is 9.59 Å². The molecule has 0 bridgehead atoms. The van der Waals surface area contributed by atoms with Gasteiger partial charge in [-0.15, -0.1) is 0 Å². The Kier molecular flexibility index (Phi) is 5.13. The average Bonchev–Trinajstić information content (AvgIpc) is 3.15. The maximum Gasteiger partial charge on any atom is 0.355 e. The van der Waals surface area contributed by atoms with Crippen molar-refractivity contribution in [2.45, 2.75) is 12.8 Å². The Labute approximate surface area is 144 Å². The second-order valence-electron chi connectivity index (χ2n) is 5.79. The summed E-state index contributed by atoms with van der Waals surface area (Å²) in [6.45, 7) is 1.69. The van der Waals surface area contributed by atoms with E-state index < -0.39 is 24.0 Å². The Bertz CT molecular complexity index is 808. The Balaban J connectivity index is 1.50. The van der Waals surface area contributed by atoms with Gasteiger partial charge in [0.25, 0.3) is 5.91 Å². The van der Waals surface area contributed by atoms with Gasteiger partial charge < -0.3 is 19.9 Å².